The third-order valence-corrected chi connectivity index (χ3v) is 0.280. The van der Waals surface area contributed by atoms with Crippen LogP contribution in [-0.4, -0.2) is 18.1 Å². The topological polar surface area (TPSA) is 32.3 Å². The number of alkyl halides is 3. The van der Waals surface area contributed by atoms with Crippen molar-refractivity contribution in [1.29, 1.82) is 0 Å². The van der Waals surface area contributed by atoms with Crippen LogP contribution in [0.25, 0.3) is 0 Å². The molecule has 0 aliphatic carbocycles. The number of hydrogen-bond acceptors (Lipinski definition) is 2. The maximum absolute atomic E-state index is 10.8. The summed E-state index contributed by atoms with van der Waals surface area (Å²) in [6.07, 6.45) is -4.45. The van der Waals surface area contributed by atoms with Gasteiger partial charge in [0.05, 0.1) is 0 Å². The largest absolute Gasteiger partial charge is 0.459 e. The zero-order chi connectivity index (χ0) is 5.91. The van der Waals surface area contributed by atoms with Crippen LogP contribution in [0.4, 0.5) is 13.2 Å². The standard InChI is InChI=1S/C2H4F3NO/c3-2(4,5)6-1-7/h6-7H,1H2. The summed E-state index contributed by atoms with van der Waals surface area (Å²) >= 11 is 0. The summed E-state index contributed by atoms with van der Waals surface area (Å²) in [6.45, 7) is -1.07. The van der Waals surface area contributed by atoms with Crippen molar-refractivity contribution in [2.75, 3.05) is 6.73 Å². The Bertz CT molecular complexity index is 51.4. The molecule has 0 unspecified atom stereocenters. The highest BCUT2D eigenvalue weighted by atomic mass is 19.4. The minimum atomic E-state index is -4.45. The summed E-state index contributed by atoms with van der Waals surface area (Å²) in [4.78, 5) is 0. The van der Waals surface area contributed by atoms with Gasteiger partial charge in [0, 0.05) is 0 Å². The smallest absolute Gasteiger partial charge is 0.381 e. The first-order chi connectivity index (χ1) is 3.06. The molecule has 0 aromatic carbocycles. The fourth-order valence-electron chi connectivity index (χ4n) is 0.0896. The van der Waals surface area contributed by atoms with Gasteiger partial charge in [-0.25, -0.2) is 5.32 Å². The van der Waals surface area contributed by atoms with E-state index in [9.17, 15) is 13.2 Å². The Balaban J connectivity index is 3.15. The highest BCUT2D eigenvalue weighted by Gasteiger charge is 2.24. The SMILES string of the molecule is OCNC(F)(F)F. The van der Waals surface area contributed by atoms with Crippen molar-refractivity contribution in [2.24, 2.45) is 0 Å². The van der Waals surface area contributed by atoms with Gasteiger partial charge in [-0.15, -0.1) is 0 Å². The first kappa shape index (κ1) is 6.71. The lowest BCUT2D eigenvalue weighted by atomic mass is 11.0. The van der Waals surface area contributed by atoms with Crippen LogP contribution in [0.5, 0.6) is 0 Å². The van der Waals surface area contributed by atoms with Gasteiger partial charge in [-0.1, -0.05) is 0 Å². The van der Waals surface area contributed by atoms with Crippen LogP contribution >= 0.6 is 0 Å². The van der Waals surface area contributed by atoms with Gasteiger partial charge in [0.2, 0.25) is 0 Å². The van der Waals surface area contributed by atoms with E-state index in [0.29, 0.717) is 0 Å². The highest BCUT2D eigenvalue weighted by Crippen LogP contribution is 2.07. The quantitative estimate of drug-likeness (QED) is 0.373. The molecule has 0 heterocycles. The predicted octanol–water partition coefficient (Wildman–Crippen LogP) is 0.0456. The van der Waals surface area contributed by atoms with Gasteiger partial charge < -0.3 is 5.11 Å². The molecule has 7 heavy (non-hydrogen) atoms. The van der Waals surface area contributed by atoms with Crippen molar-refractivity contribution in [3.05, 3.63) is 0 Å². The van der Waals surface area contributed by atoms with Gasteiger partial charge >= 0.3 is 6.30 Å². The lowest BCUT2D eigenvalue weighted by Gasteiger charge is -2.02. The monoisotopic (exact) mass is 115 g/mol. The molecular weight excluding hydrogens is 111 g/mol. The second-order valence-electron chi connectivity index (χ2n) is 0.833. The number of aliphatic hydroxyl groups is 1. The van der Waals surface area contributed by atoms with E-state index in [4.69, 9.17) is 5.11 Å². The molecule has 44 valence electrons. The average Bonchev–Trinajstić information content (AvgIpc) is 1.30. The summed E-state index contributed by atoms with van der Waals surface area (Å²) in [7, 11) is 0. The molecule has 0 rings (SSSR count). The highest BCUT2D eigenvalue weighted by molar-refractivity contribution is 4.36. The molecule has 0 aliphatic heterocycles. The summed E-state index contributed by atoms with van der Waals surface area (Å²) in [5, 5.41) is 8.41. The van der Waals surface area contributed by atoms with Crippen LogP contribution in [0.2, 0.25) is 0 Å². The van der Waals surface area contributed by atoms with Crippen LogP contribution in [-0.2, 0) is 0 Å². The second-order valence-corrected chi connectivity index (χ2v) is 0.833. The van der Waals surface area contributed by atoms with Crippen molar-refractivity contribution < 1.29 is 18.3 Å². The molecule has 0 saturated carbocycles. The van der Waals surface area contributed by atoms with E-state index in [0.717, 1.165) is 5.32 Å². The number of rotatable bonds is 1. The van der Waals surface area contributed by atoms with Gasteiger partial charge in [0.25, 0.3) is 0 Å². The molecule has 0 aliphatic rings. The molecule has 0 aromatic rings. The Kier molecular flexibility index (Phi) is 2.04. The summed E-state index contributed by atoms with van der Waals surface area (Å²) < 4.78 is 32.4. The zero-order valence-electron chi connectivity index (χ0n) is 3.29. The molecule has 0 radical (unpaired) electrons. The van der Waals surface area contributed by atoms with Gasteiger partial charge in [-0.2, -0.15) is 13.2 Å². The molecule has 0 amide bonds. The van der Waals surface area contributed by atoms with E-state index in [-0.39, 0.29) is 0 Å². The average molecular weight is 115 g/mol. The first-order valence-electron chi connectivity index (χ1n) is 1.49. The lowest BCUT2D eigenvalue weighted by Crippen LogP contribution is -2.31. The maximum atomic E-state index is 10.8. The maximum Gasteiger partial charge on any atom is 0.459 e. The number of nitrogens with one attached hydrogen (secondary N) is 1. The van der Waals surface area contributed by atoms with Crippen molar-refractivity contribution in [2.45, 2.75) is 6.30 Å². The molecule has 0 bridgehead atoms. The van der Waals surface area contributed by atoms with E-state index in [2.05, 4.69) is 0 Å². The molecule has 2 N–H and O–H groups in total. The van der Waals surface area contributed by atoms with Crippen LogP contribution in [0.3, 0.4) is 0 Å². The van der Waals surface area contributed by atoms with Crippen LogP contribution < -0.4 is 5.32 Å². The van der Waals surface area contributed by atoms with Crippen molar-refractivity contribution in [3.63, 3.8) is 0 Å². The minimum Gasteiger partial charge on any atom is -0.381 e. The van der Waals surface area contributed by atoms with Gasteiger partial charge in [0.1, 0.15) is 6.73 Å². The lowest BCUT2D eigenvalue weighted by molar-refractivity contribution is -0.167. The van der Waals surface area contributed by atoms with E-state index in [1.807, 2.05) is 0 Å². The van der Waals surface area contributed by atoms with Crippen LogP contribution in [0, 0.1) is 0 Å². The van der Waals surface area contributed by atoms with Crippen LogP contribution in [0.15, 0.2) is 0 Å². The third kappa shape index (κ3) is 5.71. The Morgan fingerprint density at radius 3 is 1.86 bits per heavy atom. The van der Waals surface area contributed by atoms with Crippen molar-refractivity contribution >= 4 is 0 Å². The van der Waals surface area contributed by atoms with Crippen molar-refractivity contribution in [3.8, 4) is 0 Å². The number of halogens is 3. The Labute approximate surface area is 37.9 Å². The Hall–Kier alpha value is -0.290. The van der Waals surface area contributed by atoms with Crippen molar-refractivity contribution in [1.82, 2.24) is 5.32 Å². The Morgan fingerprint density at radius 1 is 1.43 bits per heavy atom. The van der Waals surface area contributed by atoms with E-state index >= 15 is 0 Å². The first-order valence-corrected chi connectivity index (χ1v) is 1.49. The fourth-order valence-corrected chi connectivity index (χ4v) is 0.0896. The van der Waals surface area contributed by atoms with E-state index < -0.39 is 13.0 Å². The van der Waals surface area contributed by atoms with Gasteiger partial charge in [-0.05, 0) is 0 Å². The fraction of sp³-hybridized carbons (Fsp3) is 1.00. The van der Waals surface area contributed by atoms with Gasteiger partial charge in [0.15, 0.2) is 0 Å². The molecule has 2 nitrogen and oxygen atoms in total. The molecule has 5 heteroatoms. The second kappa shape index (κ2) is 2.13. The number of aliphatic hydroxyl groups excluding tert-OH is 1. The molecule has 0 spiro atoms. The third-order valence-electron chi connectivity index (χ3n) is 0.280. The van der Waals surface area contributed by atoms with E-state index in [1.165, 1.54) is 0 Å². The summed E-state index contributed by atoms with van der Waals surface area (Å²) in [5.41, 5.74) is 0. The predicted molar refractivity (Wildman–Crippen MR) is 16.3 cm³/mol. The minimum absolute atomic E-state index is 0.840. The molecule has 0 saturated heterocycles. The number of hydrogen-bond donors (Lipinski definition) is 2. The van der Waals surface area contributed by atoms with Crippen LogP contribution in [0.1, 0.15) is 0 Å². The molecule has 0 fully saturated rings. The summed E-state index contributed by atoms with van der Waals surface area (Å²) in [5.74, 6) is 0. The Morgan fingerprint density at radius 2 is 1.86 bits per heavy atom. The normalized spacial score (nSPS) is 12.0. The molecular formula is C2H4F3NO. The summed E-state index contributed by atoms with van der Waals surface area (Å²) in [6, 6.07) is 0. The zero-order valence-corrected chi connectivity index (χ0v) is 3.29. The molecule has 0 aromatic heterocycles. The van der Waals surface area contributed by atoms with Gasteiger partial charge in [-0.3, -0.25) is 0 Å². The molecule has 0 atom stereocenters. The van der Waals surface area contributed by atoms with E-state index in [1.54, 1.807) is 0 Å².